The maximum atomic E-state index is 5.96. The number of rotatable bonds is 1. The second-order valence-corrected chi connectivity index (χ2v) is 21.5. The summed E-state index contributed by atoms with van der Waals surface area (Å²) < 4.78 is 3.19. The van der Waals surface area contributed by atoms with Crippen molar-refractivity contribution < 1.29 is 17.2 Å². The van der Waals surface area contributed by atoms with Crippen LogP contribution >= 0.6 is 15.8 Å². The zero-order chi connectivity index (χ0) is 9.59. The van der Waals surface area contributed by atoms with E-state index in [-0.39, 0.29) is 0 Å². The number of anilines is 2. The van der Waals surface area contributed by atoms with Crippen LogP contribution in [-0.2, 0) is 0 Å². The Morgan fingerprint density at radius 2 is 1.92 bits per heavy atom. The van der Waals surface area contributed by atoms with Gasteiger partial charge < -0.3 is 0 Å². The second-order valence-electron chi connectivity index (χ2n) is 3.14. The zero-order valence-corrected chi connectivity index (χ0v) is 12.0. The summed E-state index contributed by atoms with van der Waals surface area (Å²) in [7, 11) is 0. The molecular formula is C9H13I2N2-. The molecule has 0 atom stereocenters. The minimum atomic E-state index is -0.585. The maximum absolute atomic E-state index is 5.96. The second kappa shape index (κ2) is 3.45. The van der Waals surface area contributed by atoms with Gasteiger partial charge in [0.05, 0.1) is 0 Å². The van der Waals surface area contributed by atoms with Gasteiger partial charge >= 0.3 is 93.0 Å². The quantitative estimate of drug-likeness (QED) is 0.364. The molecule has 2 rings (SSSR count). The first-order valence-electron chi connectivity index (χ1n) is 4.02. The van der Waals surface area contributed by atoms with E-state index in [1.807, 2.05) is 0 Å². The number of halogens is 2. The van der Waals surface area contributed by atoms with Crippen molar-refractivity contribution in [3.05, 3.63) is 20.8 Å². The van der Waals surface area contributed by atoms with Crippen LogP contribution in [0.15, 0.2) is 6.07 Å². The summed E-state index contributed by atoms with van der Waals surface area (Å²) >= 11 is 0.0189. The molecule has 0 bridgehead atoms. The normalized spacial score (nSPS) is 18.2. The van der Waals surface area contributed by atoms with Gasteiger partial charge in [-0.1, -0.05) is 0 Å². The van der Waals surface area contributed by atoms with Crippen LogP contribution in [0.4, 0.5) is 11.4 Å². The van der Waals surface area contributed by atoms with Gasteiger partial charge in [-0.2, -0.15) is 0 Å². The predicted molar refractivity (Wildman–Crippen MR) is 62.3 cm³/mol. The summed E-state index contributed by atoms with van der Waals surface area (Å²) in [6, 6.07) is 2.29. The summed E-state index contributed by atoms with van der Waals surface area (Å²) in [4.78, 5) is 0. The van der Waals surface area contributed by atoms with Crippen molar-refractivity contribution in [1.82, 2.24) is 0 Å². The fraction of sp³-hybridized carbons (Fsp3) is 0.333. The Bertz CT molecular complexity index is 359. The van der Waals surface area contributed by atoms with Crippen LogP contribution in [0.25, 0.3) is 0 Å². The monoisotopic (exact) mass is 403 g/mol. The van der Waals surface area contributed by atoms with E-state index in [1.54, 1.807) is 6.00 Å². The van der Waals surface area contributed by atoms with Crippen molar-refractivity contribution in [2.75, 3.05) is 13.9 Å². The van der Waals surface area contributed by atoms with Crippen LogP contribution in [0.3, 0.4) is 0 Å². The summed E-state index contributed by atoms with van der Waals surface area (Å²) in [5.74, 6) is 0. The predicted octanol–water partition coefficient (Wildman–Crippen LogP) is -0.881. The molecule has 0 aromatic heterocycles. The van der Waals surface area contributed by atoms with Crippen molar-refractivity contribution >= 4 is 27.2 Å². The molecule has 1 aromatic carbocycles. The topological polar surface area (TPSA) is 52.0 Å². The third-order valence-electron chi connectivity index (χ3n) is 2.24. The van der Waals surface area contributed by atoms with Gasteiger partial charge in [0.2, 0.25) is 0 Å². The van der Waals surface area contributed by atoms with Gasteiger partial charge in [-0.05, 0) is 0 Å². The average Bonchev–Trinajstić information content (AvgIpc) is 2.91. The van der Waals surface area contributed by atoms with Crippen molar-refractivity contribution in [1.29, 1.82) is 0 Å². The van der Waals surface area contributed by atoms with Crippen molar-refractivity contribution in [3.63, 3.8) is 0 Å². The molecule has 4 N–H and O–H groups in total. The van der Waals surface area contributed by atoms with Crippen molar-refractivity contribution in [2.45, 2.75) is 13.8 Å². The van der Waals surface area contributed by atoms with E-state index < -0.39 is 15.8 Å². The van der Waals surface area contributed by atoms with Crippen LogP contribution in [0.5, 0.6) is 0 Å². The summed E-state index contributed by atoms with van der Waals surface area (Å²) in [5.41, 5.74) is 15.9. The van der Waals surface area contributed by atoms with E-state index in [0.717, 1.165) is 11.4 Å². The fourth-order valence-electron chi connectivity index (χ4n) is 1.26. The van der Waals surface area contributed by atoms with Gasteiger partial charge in [-0.15, -0.1) is 0 Å². The Balaban J connectivity index is 2.58. The minimum absolute atomic E-state index is 0.585. The fourth-order valence-corrected chi connectivity index (χ4v) is 16.6. The molecule has 2 nitrogen and oxygen atoms in total. The Morgan fingerprint density at radius 3 is 2.46 bits per heavy atom. The van der Waals surface area contributed by atoms with Crippen LogP contribution in [0.1, 0.15) is 11.1 Å². The molecule has 0 saturated carbocycles. The number of hydrogen-bond donors (Lipinski definition) is 2. The molecular weight excluding hydrogens is 390 g/mol. The molecule has 4 heteroatoms. The molecule has 0 amide bonds. The Morgan fingerprint density at radius 1 is 1.31 bits per heavy atom. The molecule has 0 aliphatic carbocycles. The zero-order valence-electron chi connectivity index (χ0n) is 7.70. The standard InChI is InChI=1S/C9H13I2N2/c1-5-3-7(11-4-10-11)6(2)9(13)8(5)12/h3H,4,12-13H2,1-2H3/q-1. The van der Waals surface area contributed by atoms with E-state index in [9.17, 15) is 0 Å². The first-order valence-corrected chi connectivity index (χ1v) is 14.4. The third-order valence-corrected chi connectivity index (χ3v) is 16.5. The Kier molecular flexibility index (Phi) is 2.61. The number of hydrogen-bond acceptors (Lipinski definition) is 2. The van der Waals surface area contributed by atoms with Crippen molar-refractivity contribution in [3.8, 4) is 0 Å². The first kappa shape index (κ1) is 9.82. The SMILES string of the molecule is Cc1cc(I2C[I-]2)c(C)c(N)c1N. The first-order chi connectivity index (χ1) is 6.11. The molecule has 0 unspecified atom stereocenters. The van der Waals surface area contributed by atoms with E-state index in [1.165, 1.54) is 11.1 Å². The molecule has 1 saturated heterocycles. The molecule has 1 aromatic rings. The average molecular weight is 403 g/mol. The number of alkyl halides is 2. The van der Waals surface area contributed by atoms with Gasteiger partial charge in [0, 0.05) is 0 Å². The van der Waals surface area contributed by atoms with Gasteiger partial charge in [-0.3, -0.25) is 0 Å². The summed E-state index contributed by atoms with van der Waals surface area (Å²) in [6.45, 7) is 4.19. The molecule has 1 heterocycles. The van der Waals surface area contributed by atoms with Crippen LogP contribution < -0.4 is 28.7 Å². The van der Waals surface area contributed by atoms with Gasteiger partial charge in [0.1, 0.15) is 0 Å². The Labute approximate surface area is 92.1 Å². The van der Waals surface area contributed by atoms with Gasteiger partial charge in [0.25, 0.3) is 0 Å². The molecule has 1 aliphatic heterocycles. The number of nitrogen functional groups attached to an aromatic ring is 2. The molecule has 1 aliphatic rings. The van der Waals surface area contributed by atoms with Crippen LogP contribution in [0, 0.1) is 17.4 Å². The van der Waals surface area contributed by atoms with E-state index >= 15 is 0 Å². The molecule has 13 heavy (non-hydrogen) atoms. The van der Waals surface area contributed by atoms with Crippen LogP contribution in [0.2, 0.25) is 0 Å². The number of aryl methyl sites for hydroxylation is 1. The van der Waals surface area contributed by atoms with Crippen molar-refractivity contribution in [2.24, 2.45) is 0 Å². The molecule has 0 spiro atoms. The summed E-state index contributed by atoms with van der Waals surface area (Å²) in [6.07, 6.45) is 0. The molecule has 74 valence electrons. The summed E-state index contributed by atoms with van der Waals surface area (Å²) in [5, 5.41) is 0. The van der Waals surface area contributed by atoms with E-state index in [4.69, 9.17) is 11.5 Å². The molecule has 0 radical (unpaired) electrons. The van der Waals surface area contributed by atoms with Gasteiger partial charge in [-0.25, -0.2) is 0 Å². The molecule has 1 fully saturated rings. The van der Waals surface area contributed by atoms with E-state index in [2.05, 4.69) is 19.9 Å². The Hall–Kier alpha value is 0.280. The van der Waals surface area contributed by atoms with Crippen LogP contribution in [-0.4, -0.2) is 2.43 Å². The van der Waals surface area contributed by atoms with Gasteiger partial charge in [0.15, 0.2) is 0 Å². The third kappa shape index (κ3) is 1.74. The number of benzene rings is 1. The van der Waals surface area contributed by atoms with E-state index in [0.29, 0.717) is 17.2 Å². The number of nitrogens with two attached hydrogens (primary N) is 2.